The van der Waals surface area contributed by atoms with Crippen molar-refractivity contribution in [3.8, 4) is 0 Å². The minimum absolute atomic E-state index is 0.589. The van der Waals surface area contributed by atoms with Gasteiger partial charge in [0.2, 0.25) is 0 Å². The van der Waals surface area contributed by atoms with E-state index in [1.165, 1.54) is 17.2 Å². The van der Waals surface area contributed by atoms with Crippen molar-refractivity contribution in [1.82, 2.24) is 14.5 Å². The molecule has 0 unspecified atom stereocenters. The fraction of sp³-hybridized carbons (Fsp3) is 0.650. The number of hydrogen-bond acceptors (Lipinski definition) is 4. The van der Waals surface area contributed by atoms with Crippen molar-refractivity contribution in [1.29, 1.82) is 0 Å². The van der Waals surface area contributed by atoms with Gasteiger partial charge >= 0.3 is 0 Å². The molecule has 0 spiro atoms. The first kappa shape index (κ1) is 19.4. The maximum absolute atomic E-state index is 6.01. The molecule has 1 fully saturated rings. The lowest BCUT2D eigenvalue weighted by atomic mass is 10.2. The molecule has 3 rings (SSSR count). The number of fused-ring (bicyclic) bond motifs is 1. The minimum atomic E-state index is -1.15. The molecule has 0 N–H and O–H groups in total. The number of ether oxygens (including phenoxy) is 1. The Kier molecular flexibility index (Phi) is 6.05. The highest BCUT2D eigenvalue weighted by Gasteiger charge is 2.24. The zero-order valence-corrected chi connectivity index (χ0v) is 18.0. The van der Waals surface area contributed by atoms with E-state index >= 15 is 0 Å². The Balaban J connectivity index is 1.63. The standard InChI is InChI=1S/C20H34N4OSi/c1-17(2)26(4,5)13-12-25-16-24-15-21-19-7-6-18(14-20(19)24)23-10-8-22(3)9-11-23/h6-7,14-15,17H,8-13,16H2,1-5H3. The van der Waals surface area contributed by atoms with Crippen molar-refractivity contribution < 1.29 is 4.74 Å². The van der Waals surface area contributed by atoms with Crippen LogP contribution in [0.4, 0.5) is 5.69 Å². The maximum Gasteiger partial charge on any atom is 0.124 e. The molecule has 1 aliphatic heterocycles. The van der Waals surface area contributed by atoms with Crippen LogP contribution in [0.1, 0.15) is 13.8 Å². The molecule has 6 heteroatoms. The number of piperazine rings is 1. The lowest BCUT2D eigenvalue weighted by Crippen LogP contribution is -2.44. The van der Waals surface area contributed by atoms with Crippen molar-refractivity contribution in [2.45, 2.75) is 45.3 Å². The third-order valence-electron chi connectivity index (χ3n) is 6.16. The summed E-state index contributed by atoms with van der Waals surface area (Å²) >= 11 is 0. The number of rotatable bonds is 7. The molecular weight excluding hydrogens is 340 g/mol. The largest absolute Gasteiger partial charge is 0.369 e. The van der Waals surface area contributed by atoms with Crippen molar-refractivity contribution in [2.75, 3.05) is 44.7 Å². The summed E-state index contributed by atoms with van der Waals surface area (Å²) in [6, 6.07) is 7.81. The molecule has 0 aliphatic carbocycles. The molecule has 0 saturated carbocycles. The van der Waals surface area contributed by atoms with Gasteiger partial charge in [0.15, 0.2) is 0 Å². The van der Waals surface area contributed by atoms with E-state index in [1.54, 1.807) is 0 Å². The van der Waals surface area contributed by atoms with Crippen LogP contribution in [-0.4, -0.2) is 62.4 Å². The monoisotopic (exact) mass is 374 g/mol. The highest BCUT2D eigenvalue weighted by atomic mass is 28.3. The third-order valence-corrected chi connectivity index (χ3v) is 10.8. The number of nitrogens with zero attached hydrogens (tertiary/aromatic N) is 4. The summed E-state index contributed by atoms with van der Waals surface area (Å²) in [5.74, 6) is 0. The van der Waals surface area contributed by atoms with Gasteiger partial charge < -0.3 is 19.1 Å². The van der Waals surface area contributed by atoms with Gasteiger partial charge in [0.25, 0.3) is 0 Å². The Hall–Kier alpha value is -1.37. The summed E-state index contributed by atoms with van der Waals surface area (Å²) in [5.41, 5.74) is 4.30. The number of anilines is 1. The normalized spacial score (nSPS) is 16.8. The lowest BCUT2D eigenvalue weighted by molar-refractivity contribution is 0.0896. The summed E-state index contributed by atoms with van der Waals surface area (Å²) in [6.45, 7) is 15.4. The van der Waals surface area contributed by atoms with Crippen LogP contribution in [0.25, 0.3) is 11.0 Å². The number of likely N-dealkylation sites (N-methyl/N-ethyl adjacent to an activating group) is 1. The highest BCUT2D eigenvalue weighted by molar-refractivity contribution is 6.78. The second-order valence-electron chi connectivity index (χ2n) is 8.61. The van der Waals surface area contributed by atoms with E-state index < -0.39 is 8.07 Å². The molecule has 1 aromatic carbocycles. The van der Waals surface area contributed by atoms with Crippen LogP contribution in [0.15, 0.2) is 24.5 Å². The highest BCUT2D eigenvalue weighted by Crippen LogP contribution is 2.25. The molecule has 0 bridgehead atoms. The number of hydrogen-bond donors (Lipinski definition) is 0. The van der Waals surface area contributed by atoms with E-state index in [0.29, 0.717) is 6.73 Å². The van der Waals surface area contributed by atoms with Gasteiger partial charge in [-0.15, -0.1) is 0 Å². The summed E-state index contributed by atoms with van der Waals surface area (Å²) in [4.78, 5) is 9.39. The molecule has 1 aliphatic rings. The summed E-state index contributed by atoms with van der Waals surface area (Å²) < 4.78 is 8.15. The van der Waals surface area contributed by atoms with Gasteiger partial charge in [0, 0.05) is 38.5 Å². The number of aromatic nitrogens is 2. The van der Waals surface area contributed by atoms with Crippen LogP contribution in [0, 0.1) is 0 Å². The predicted molar refractivity (Wildman–Crippen MR) is 113 cm³/mol. The first-order chi connectivity index (χ1) is 12.4. The fourth-order valence-corrected chi connectivity index (χ4v) is 4.44. The van der Waals surface area contributed by atoms with Gasteiger partial charge in [0.1, 0.15) is 6.73 Å². The molecule has 2 heterocycles. The number of benzene rings is 1. The van der Waals surface area contributed by atoms with Crippen LogP contribution < -0.4 is 4.90 Å². The molecule has 5 nitrogen and oxygen atoms in total. The van der Waals surface area contributed by atoms with Gasteiger partial charge in [-0.3, -0.25) is 0 Å². The summed E-state index contributed by atoms with van der Waals surface area (Å²) in [5, 5.41) is 0. The quantitative estimate of drug-likeness (QED) is 0.544. The smallest absolute Gasteiger partial charge is 0.124 e. The molecule has 2 aromatic rings. The predicted octanol–water partition coefficient (Wildman–Crippen LogP) is 3.88. The van der Waals surface area contributed by atoms with E-state index in [2.05, 4.69) is 71.5 Å². The zero-order chi connectivity index (χ0) is 18.7. The van der Waals surface area contributed by atoms with Crippen LogP contribution in [0.5, 0.6) is 0 Å². The lowest BCUT2D eigenvalue weighted by Gasteiger charge is -2.34. The summed E-state index contributed by atoms with van der Waals surface area (Å²) in [6.07, 6.45) is 1.91. The molecule has 0 atom stereocenters. The van der Waals surface area contributed by atoms with Gasteiger partial charge in [-0.2, -0.15) is 0 Å². The third kappa shape index (κ3) is 4.48. The van der Waals surface area contributed by atoms with Crippen molar-refractivity contribution >= 4 is 24.8 Å². The Labute approximate surface area is 159 Å². The topological polar surface area (TPSA) is 33.5 Å². The molecule has 26 heavy (non-hydrogen) atoms. The maximum atomic E-state index is 6.01. The Morgan fingerprint density at radius 1 is 1.15 bits per heavy atom. The van der Waals surface area contributed by atoms with E-state index in [1.807, 2.05) is 6.33 Å². The second-order valence-corrected chi connectivity index (χ2v) is 14.2. The molecule has 1 saturated heterocycles. The van der Waals surface area contributed by atoms with Gasteiger partial charge in [-0.05, 0) is 31.3 Å². The fourth-order valence-electron chi connectivity index (χ4n) is 3.20. The van der Waals surface area contributed by atoms with Gasteiger partial charge in [0.05, 0.1) is 25.4 Å². The Bertz CT molecular complexity index is 720. The van der Waals surface area contributed by atoms with E-state index in [0.717, 1.165) is 43.8 Å². The van der Waals surface area contributed by atoms with Crippen LogP contribution in [0.2, 0.25) is 24.7 Å². The van der Waals surface area contributed by atoms with E-state index in [9.17, 15) is 0 Å². The van der Waals surface area contributed by atoms with Crippen molar-refractivity contribution in [3.63, 3.8) is 0 Å². The summed E-state index contributed by atoms with van der Waals surface area (Å²) in [7, 11) is 1.04. The first-order valence-electron chi connectivity index (χ1n) is 9.83. The van der Waals surface area contributed by atoms with Crippen molar-refractivity contribution in [3.05, 3.63) is 24.5 Å². The van der Waals surface area contributed by atoms with E-state index in [4.69, 9.17) is 4.74 Å². The second kappa shape index (κ2) is 8.11. The SMILES string of the molecule is CC(C)[Si](C)(C)CCOCn1cnc2ccc(N3CCN(C)CC3)cc21. The molecule has 144 valence electrons. The van der Waals surface area contributed by atoms with Crippen LogP contribution in [0.3, 0.4) is 0 Å². The Morgan fingerprint density at radius 3 is 2.58 bits per heavy atom. The van der Waals surface area contributed by atoms with Crippen molar-refractivity contribution in [2.24, 2.45) is 0 Å². The van der Waals surface area contributed by atoms with E-state index in [-0.39, 0.29) is 0 Å². The molecule has 0 amide bonds. The average molecular weight is 375 g/mol. The van der Waals surface area contributed by atoms with Gasteiger partial charge in [-0.25, -0.2) is 4.98 Å². The Morgan fingerprint density at radius 2 is 1.88 bits per heavy atom. The first-order valence-corrected chi connectivity index (χ1v) is 13.1. The zero-order valence-electron chi connectivity index (χ0n) is 17.0. The molecular formula is C20H34N4OSi. The minimum Gasteiger partial charge on any atom is -0.369 e. The number of imidazole rings is 1. The molecule has 1 aromatic heterocycles. The van der Waals surface area contributed by atoms with Crippen LogP contribution >= 0.6 is 0 Å². The van der Waals surface area contributed by atoms with Gasteiger partial charge in [-0.1, -0.05) is 32.5 Å². The molecule has 0 radical (unpaired) electrons. The van der Waals surface area contributed by atoms with Crippen LogP contribution in [-0.2, 0) is 11.5 Å². The average Bonchev–Trinajstić information content (AvgIpc) is 3.01.